The van der Waals surface area contributed by atoms with Crippen molar-refractivity contribution in [2.24, 2.45) is 0 Å². The maximum Gasteiger partial charge on any atom is 0.0503 e. The monoisotopic (exact) mass is 314 g/mol. The molecule has 19 heavy (non-hydrogen) atoms. The molecule has 2 aromatic carbocycles. The molecule has 0 saturated heterocycles. The molecule has 0 saturated carbocycles. The highest BCUT2D eigenvalue weighted by atomic mass is 35.5. The molecule has 100 valence electrons. The molecule has 0 fully saturated rings. The minimum absolute atomic E-state index is 0.0317. The van der Waals surface area contributed by atoms with Crippen molar-refractivity contribution in [2.75, 3.05) is 6.61 Å². The highest BCUT2D eigenvalue weighted by Crippen LogP contribution is 2.30. The second-order valence-electron chi connectivity index (χ2n) is 4.38. The molecule has 1 atom stereocenters. The second-order valence-corrected chi connectivity index (χ2v) is 5.66. The Hall–Kier alpha value is -0.730. The van der Waals surface area contributed by atoms with E-state index in [9.17, 15) is 5.11 Å². The number of rotatable bonds is 4. The Kier molecular flexibility index (Phi) is 5.12. The summed E-state index contributed by atoms with van der Waals surface area (Å²) in [6, 6.07) is 12.9. The molecule has 0 bridgehead atoms. The number of hydrogen-bond acceptors (Lipinski definition) is 1. The molecule has 1 N–H and O–H groups in total. The van der Waals surface area contributed by atoms with Gasteiger partial charge in [-0.2, -0.15) is 0 Å². The van der Waals surface area contributed by atoms with Gasteiger partial charge in [-0.3, -0.25) is 0 Å². The highest BCUT2D eigenvalue weighted by molar-refractivity contribution is 6.35. The van der Waals surface area contributed by atoms with E-state index in [1.165, 1.54) is 0 Å². The van der Waals surface area contributed by atoms with Crippen molar-refractivity contribution < 1.29 is 5.11 Å². The number of hydrogen-bond donors (Lipinski definition) is 1. The zero-order valence-electron chi connectivity index (χ0n) is 10.1. The van der Waals surface area contributed by atoms with Crippen molar-refractivity contribution in [3.63, 3.8) is 0 Å². The quantitative estimate of drug-likeness (QED) is 0.845. The van der Waals surface area contributed by atoms with Gasteiger partial charge in [0, 0.05) is 21.0 Å². The van der Waals surface area contributed by atoms with Crippen molar-refractivity contribution in [2.45, 2.75) is 12.3 Å². The molecule has 1 unspecified atom stereocenters. The largest absolute Gasteiger partial charge is 0.396 e. The van der Waals surface area contributed by atoms with E-state index < -0.39 is 0 Å². The van der Waals surface area contributed by atoms with Crippen molar-refractivity contribution in [1.29, 1.82) is 0 Å². The lowest BCUT2D eigenvalue weighted by Gasteiger charge is -2.16. The first-order valence-electron chi connectivity index (χ1n) is 5.90. The molecule has 0 aromatic heterocycles. The minimum atomic E-state index is -0.0501. The first-order valence-corrected chi connectivity index (χ1v) is 7.04. The first kappa shape index (κ1) is 14.7. The Labute approximate surface area is 127 Å². The average Bonchev–Trinajstić information content (AvgIpc) is 2.39. The third kappa shape index (κ3) is 3.87. The van der Waals surface area contributed by atoms with E-state index in [1.807, 2.05) is 30.3 Å². The van der Waals surface area contributed by atoms with Gasteiger partial charge >= 0.3 is 0 Å². The van der Waals surface area contributed by atoms with Gasteiger partial charge in [0.1, 0.15) is 0 Å². The van der Waals surface area contributed by atoms with Crippen LogP contribution in [-0.4, -0.2) is 11.7 Å². The van der Waals surface area contributed by atoms with Gasteiger partial charge in [0.05, 0.1) is 6.61 Å². The molecule has 0 heterocycles. The molecule has 0 spiro atoms. The van der Waals surface area contributed by atoms with Crippen LogP contribution >= 0.6 is 34.8 Å². The Bertz CT molecular complexity index is 552. The Morgan fingerprint density at radius 1 is 0.895 bits per heavy atom. The highest BCUT2D eigenvalue weighted by Gasteiger charge is 2.15. The van der Waals surface area contributed by atoms with Crippen molar-refractivity contribution in [1.82, 2.24) is 0 Å². The first-order chi connectivity index (χ1) is 9.10. The van der Waals surface area contributed by atoms with Gasteiger partial charge in [-0.15, -0.1) is 0 Å². The zero-order chi connectivity index (χ0) is 13.8. The van der Waals surface area contributed by atoms with Crippen molar-refractivity contribution >= 4 is 34.8 Å². The fourth-order valence-electron chi connectivity index (χ4n) is 2.01. The molecule has 0 aliphatic heterocycles. The summed E-state index contributed by atoms with van der Waals surface area (Å²) < 4.78 is 0. The third-order valence-corrected chi connectivity index (χ3v) is 3.83. The van der Waals surface area contributed by atoms with Crippen LogP contribution in [0.1, 0.15) is 17.0 Å². The SMILES string of the molecule is OCC(Cc1ccc(Cl)cc1)c1ccc(Cl)cc1Cl. The van der Waals surface area contributed by atoms with Gasteiger partial charge in [-0.25, -0.2) is 0 Å². The fraction of sp³-hybridized carbons (Fsp3) is 0.200. The molecular weight excluding hydrogens is 303 g/mol. The van der Waals surface area contributed by atoms with Crippen LogP contribution in [0.5, 0.6) is 0 Å². The lowest BCUT2D eigenvalue weighted by atomic mass is 9.92. The van der Waals surface area contributed by atoms with Crippen LogP contribution in [-0.2, 0) is 6.42 Å². The fourth-order valence-corrected chi connectivity index (χ4v) is 2.70. The summed E-state index contributed by atoms with van der Waals surface area (Å²) in [4.78, 5) is 0. The van der Waals surface area contributed by atoms with E-state index in [4.69, 9.17) is 34.8 Å². The van der Waals surface area contributed by atoms with Gasteiger partial charge in [-0.05, 0) is 41.8 Å². The molecule has 0 aliphatic carbocycles. The van der Waals surface area contributed by atoms with E-state index >= 15 is 0 Å². The molecule has 4 heteroatoms. The van der Waals surface area contributed by atoms with Crippen LogP contribution in [0.3, 0.4) is 0 Å². The molecular formula is C15H13Cl3O. The predicted molar refractivity (Wildman–Crippen MR) is 81.4 cm³/mol. The summed E-state index contributed by atoms with van der Waals surface area (Å²) in [6.45, 7) is 0.0317. The summed E-state index contributed by atoms with van der Waals surface area (Å²) in [5.74, 6) is -0.0501. The Morgan fingerprint density at radius 2 is 1.53 bits per heavy atom. The second kappa shape index (κ2) is 6.62. The average molecular weight is 316 g/mol. The number of aliphatic hydroxyl groups is 1. The predicted octanol–water partition coefficient (Wildman–Crippen LogP) is 4.97. The molecule has 1 nitrogen and oxygen atoms in total. The number of halogens is 3. The molecule has 0 radical (unpaired) electrons. The van der Waals surface area contributed by atoms with E-state index in [-0.39, 0.29) is 12.5 Å². The third-order valence-electron chi connectivity index (χ3n) is 3.02. The summed E-state index contributed by atoms with van der Waals surface area (Å²) >= 11 is 17.9. The van der Waals surface area contributed by atoms with Crippen LogP contribution in [0.25, 0.3) is 0 Å². The van der Waals surface area contributed by atoms with E-state index in [1.54, 1.807) is 12.1 Å². The summed E-state index contributed by atoms with van der Waals surface area (Å²) in [5.41, 5.74) is 2.01. The van der Waals surface area contributed by atoms with Gasteiger partial charge in [0.15, 0.2) is 0 Å². The maximum atomic E-state index is 9.57. The number of aliphatic hydroxyl groups excluding tert-OH is 1. The van der Waals surface area contributed by atoms with Crippen molar-refractivity contribution in [3.8, 4) is 0 Å². The summed E-state index contributed by atoms with van der Waals surface area (Å²) in [6.07, 6.45) is 0.703. The van der Waals surface area contributed by atoms with Gasteiger partial charge in [-0.1, -0.05) is 53.0 Å². The molecule has 0 amide bonds. The van der Waals surface area contributed by atoms with E-state index in [0.717, 1.165) is 11.1 Å². The van der Waals surface area contributed by atoms with Gasteiger partial charge in [0.2, 0.25) is 0 Å². The molecule has 0 aliphatic rings. The normalized spacial score (nSPS) is 12.4. The Morgan fingerprint density at radius 3 is 2.11 bits per heavy atom. The number of benzene rings is 2. The minimum Gasteiger partial charge on any atom is -0.396 e. The van der Waals surface area contributed by atoms with Gasteiger partial charge < -0.3 is 5.11 Å². The van der Waals surface area contributed by atoms with Crippen LogP contribution < -0.4 is 0 Å². The smallest absolute Gasteiger partial charge is 0.0503 e. The van der Waals surface area contributed by atoms with Crippen LogP contribution in [0.4, 0.5) is 0 Å². The van der Waals surface area contributed by atoms with Crippen LogP contribution in [0, 0.1) is 0 Å². The van der Waals surface area contributed by atoms with Crippen molar-refractivity contribution in [3.05, 3.63) is 68.7 Å². The maximum absolute atomic E-state index is 9.57. The molecule has 2 aromatic rings. The zero-order valence-corrected chi connectivity index (χ0v) is 12.4. The van der Waals surface area contributed by atoms with E-state index in [0.29, 0.717) is 21.5 Å². The van der Waals surface area contributed by atoms with E-state index in [2.05, 4.69) is 0 Å². The lowest BCUT2D eigenvalue weighted by molar-refractivity contribution is 0.264. The topological polar surface area (TPSA) is 20.2 Å². The van der Waals surface area contributed by atoms with Crippen LogP contribution in [0.2, 0.25) is 15.1 Å². The summed E-state index contributed by atoms with van der Waals surface area (Å²) in [5, 5.41) is 11.5. The Balaban J connectivity index is 2.22. The van der Waals surface area contributed by atoms with Crippen LogP contribution in [0.15, 0.2) is 42.5 Å². The summed E-state index contributed by atoms with van der Waals surface area (Å²) in [7, 11) is 0. The standard InChI is InChI=1S/C15H13Cl3O/c16-12-3-1-10(2-4-12)7-11(9-19)14-6-5-13(17)8-15(14)18/h1-6,8,11,19H,7,9H2. The molecule has 2 rings (SSSR count). The lowest BCUT2D eigenvalue weighted by Crippen LogP contribution is -2.08. The van der Waals surface area contributed by atoms with Gasteiger partial charge in [0.25, 0.3) is 0 Å².